The molecule has 0 bridgehead atoms. The van der Waals surface area contributed by atoms with Gasteiger partial charge in [-0.15, -0.1) is 0 Å². The van der Waals surface area contributed by atoms with Crippen LogP contribution in [0.2, 0.25) is 0 Å². The van der Waals surface area contributed by atoms with Gasteiger partial charge in [0.25, 0.3) is 0 Å². The minimum absolute atomic E-state index is 0.0283. The highest BCUT2D eigenvalue weighted by atomic mass is 16.6. The second-order valence-electron chi connectivity index (χ2n) is 5.02. The minimum atomic E-state index is -0.491. The Kier molecular flexibility index (Phi) is 7.63. The van der Waals surface area contributed by atoms with E-state index < -0.39 is 11.7 Å². The van der Waals surface area contributed by atoms with E-state index in [2.05, 4.69) is 12.2 Å². The van der Waals surface area contributed by atoms with E-state index in [1.54, 1.807) is 0 Å². The monoisotopic (exact) mass is 243 g/mol. The smallest absolute Gasteiger partial charge is 0.407 e. The molecule has 100 valence electrons. The van der Waals surface area contributed by atoms with Crippen molar-refractivity contribution in [2.24, 2.45) is 0 Å². The summed E-state index contributed by atoms with van der Waals surface area (Å²) in [5.74, 6) is 0. The van der Waals surface area contributed by atoms with E-state index in [4.69, 9.17) is 9.84 Å². The van der Waals surface area contributed by atoms with Crippen LogP contribution in [-0.4, -0.2) is 30.0 Å². The molecule has 0 fully saturated rings. The SMILES string of the molecule is CCCC/C=C(\CO)CNC(=O)OC(C)(C)C. The normalized spacial score (nSPS) is 12.4. The van der Waals surface area contributed by atoms with Crippen LogP contribution < -0.4 is 5.32 Å². The number of aliphatic hydroxyl groups is 1. The highest BCUT2D eigenvalue weighted by Crippen LogP contribution is 2.06. The molecule has 0 aliphatic heterocycles. The number of nitrogens with one attached hydrogen (secondary N) is 1. The molecule has 4 heteroatoms. The average Bonchev–Trinajstić information content (AvgIpc) is 2.20. The van der Waals surface area contributed by atoms with Crippen LogP contribution in [0.1, 0.15) is 47.0 Å². The second kappa shape index (κ2) is 8.12. The van der Waals surface area contributed by atoms with Gasteiger partial charge in [-0.3, -0.25) is 0 Å². The Morgan fingerprint density at radius 2 is 2.06 bits per heavy atom. The van der Waals surface area contributed by atoms with Gasteiger partial charge in [0.1, 0.15) is 5.60 Å². The van der Waals surface area contributed by atoms with Crippen LogP contribution in [0.5, 0.6) is 0 Å². The second-order valence-corrected chi connectivity index (χ2v) is 5.02. The van der Waals surface area contributed by atoms with Gasteiger partial charge in [-0.05, 0) is 32.8 Å². The number of carbonyl (C=O) groups excluding carboxylic acids is 1. The summed E-state index contributed by atoms with van der Waals surface area (Å²) < 4.78 is 5.10. The fraction of sp³-hybridized carbons (Fsp3) is 0.769. The van der Waals surface area contributed by atoms with Crippen molar-refractivity contribution in [3.8, 4) is 0 Å². The summed E-state index contributed by atoms with van der Waals surface area (Å²) in [5, 5.41) is 11.7. The number of ether oxygens (including phenoxy) is 1. The van der Waals surface area contributed by atoms with E-state index in [0.717, 1.165) is 24.8 Å². The molecule has 0 unspecified atom stereocenters. The summed E-state index contributed by atoms with van der Waals surface area (Å²) in [6.07, 6.45) is 4.67. The van der Waals surface area contributed by atoms with E-state index in [1.165, 1.54) is 0 Å². The summed E-state index contributed by atoms with van der Waals surface area (Å²) in [6.45, 7) is 7.88. The van der Waals surface area contributed by atoms with Crippen molar-refractivity contribution in [2.45, 2.75) is 52.6 Å². The maximum absolute atomic E-state index is 11.4. The molecule has 0 aromatic carbocycles. The number of alkyl carbamates (subject to hydrolysis) is 1. The van der Waals surface area contributed by atoms with Crippen molar-refractivity contribution in [2.75, 3.05) is 13.2 Å². The Labute approximate surface area is 104 Å². The van der Waals surface area contributed by atoms with E-state index in [0.29, 0.717) is 6.54 Å². The van der Waals surface area contributed by atoms with Crippen LogP contribution in [0.25, 0.3) is 0 Å². The van der Waals surface area contributed by atoms with E-state index in [1.807, 2.05) is 26.8 Å². The van der Waals surface area contributed by atoms with Gasteiger partial charge < -0.3 is 15.2 Å². The number of rotatable bonds is 6. The molecule has 4 nitrogen and oxygen atoms in total. The number of hydrogen-bond acceptors (Lipinski definition) is 3. The van der Waals surface area contributed by atoms with Crippen LogP contribution in [-0.2, 0) is 4.74 Å². The van der Waals surface area contributed by atoms with E-state index >= 15 is 0 Å². The fourth-order valence-electron chi connectivity index (χ4n) is 1.20. The molecule has 0 atom stereocenters. The van der Waals surface area contributed by atoms with Crippen LogP contribution in [0, 0.1) is 0 Å². The van der Waals surface area contributed by atoms with Crippen LogP contribution in [0.3, 0.4) is 0 Å². The van der Waals surface area contributed by atoms with Crippen LogP contribution >= 0.6 is 0 Å². The zero-order chi connectivity index (χ0) is 13.3. The molecule has 0 saturated carbocycles. The van der Waals surface area contributed by atoms with Crippen molar-refractivity contribution < 1.29 is 14.6 Å². The number of allylic oxidation sites excluding steroid dienone is 1. The molecule has 0 spiro atoms. The lowest BCUT2D eigenvalue weighted by Gasteiger charge is -2.19. The third-order valence-corrected chi connectivity index (χ3v) is 2.05. The molecule has 0 radical (unpaired) electrons. The van der Waals surface area contributed by atoms with Gasteiger partial charge in [-0.1, -0.05) is 25.8 Å². The number of carbonyl (C=O) groups is 1. The Bertz CT molecular complexity index is 254. The van der Waals surface area contributed by atoms with Gasteiger partial charge in [0.15, 0.2) is 0 Å². The molecule has 1 amide bonds. The summed E-state index contributed by atoms with van der Waals surface area (Å²) >= 11 is 0. The number of amides is 1. The fourth-order valence-corrected chi connectivity index (χ4v) is 1.20. The Morgan fingerprint density at radius 1 is 1.41 bits per heavy atom. The number of aliphatic hydroxyl groups excluding tert-OH is 1. The van der Waals surface area contributed by atoms with Crippen LogP contribution in [0.4, 0.5) is 4.79 Å². The summed E-state index contributed by atoms with van der Waals surface area (Å²) in [6, 6.07) is 0. The first-order valence-corrected chi connectivity index (χ1v) is 6.14. The third-order valence-electron chi connectivity index (χ3n) is 2.05. The zero-order valence-electron chi connectivity index (χ0n) is 11.4. The topological polar surface area (TPSA) is 58.6 Å². The number of unbranched alkanes of at least 4 members (excludes halogenated alkanes) is 2. The largest absolute Gasteiger partial charge is 0.444 e. The van der Waals surface area contributed by atoms with Gasteiger partial charge in [0.2, 0.25) is 0 Å². The summed E-state index contributed by atoms with van der Waals surface area (Å²) in [4.78, 5) is 11.4. The average molecular weight is 243 g/mol. The molecule has 0 aliphatic rings. The summed E-state index contributed by atoms with van der Waals surface area (Å²) in [5.41, 5.74) is 0.333. The molecule has 2 N–H and O–H groups in total. The first kappa shape index (κ1) is 16.0. The third kappa shape index (κ3) is 9.87. The molecule has 17 heavy (non-hydrogen) atoms. The standard InChI is InChI=1S/C13H25NO3/c1-5-6-7-8-11(10-15)9-14-12(16)17-13(2,3)4/h8,15H,5-7,9-10H2,1-4H3,(H,14,16)/b11-8-. The van der Waals surface area contributed by atoms with E-state index in [-0.39, 0.29) is 6.61 Å². The lowest BCUT2D eigenvalue weighted by atomic mass is 10.2. The van der Waals surface area contributed by atoms with Gasteiger partial charge in [0.05, 0.1) is 6.61 Å². The molecule has 0 heterocycles. The summed E-state index contributed by atoms with van der Waals surface area (Å²) in [7, 11) is 0. The molecule has 0 aromatic heterocycles. The molecule has 0 saturated heterocycles. The van der Waals surface area contributed by atoms with Gasteiger partial charge >= 0.3 is 6.09 Å². The highest BCUT2D eigenvalue weighted by molar-refractivity contribution is 5.68. The lowest BCUT2D eigenvalue weighted by Crippen LogP contribution is -2.33. The zero-order valence-corrected chi connectivity index (χ0v) is 11.4. The maximum atomic E-state index is 11.4. The van der Waals surface area contributed by atoms with Gasteiger partial charge in [-0.2, -0.15) is 0 Å². The van der Waals surface area contributed by atoms with Crippen molar-refractivity contribution in [1.82, 2.24) is 5.32 Å². The molecule has 0 aliphatic carbocycles. The van der Waals surface area contributed by atoms with Crippen molar-refractivity contribution in [3.63, 3.8) is 0 Å². The van der Waals surface area contributed by atoms with Crippen molar-refractivity contribution in [1.29, 1.82) is 0 Å². The predicted octanol–water partition coefficient (Wildman–Crippen LogP) is 2.62. The van der Waals surface area contributed by atoms with E-state index in [9.17, 15) is 4.79 Å². The van der Waals surface area contributed by atoms with Crippen molar-refractivity contribution in [3.05, 3.63) is 11.6 Å². The first-order valence-electron chi connectivity index (χ1n) is 6.14. The quantitative estimate of drug-likeness (QED) is 0.557. The lowest BCUT2D eigenvalue weighted by molar-refractivity contribution is 0.0531. The predicted molar refractivity (Wildman–Crippen MR) is 68.9 cm³/mol. The van der Waals surface area contributed by atoms with Gasteiger partial charge in [-0.25, -0.2) is 4.79 Å². The Balaban J connectivity index is 3.98. The Morgan fingerprint density at radius 3 is 2.53 bits per heavy atom. The van der Waals surface area contributed by atoms with Crippen molar-refractivity contribution >= 4 is 6.09 Å². The number of hydrogen-bond donors (Lipinski definition) is 2. The molecule has 0 aromatic rings. The Hall–Kier alpha value is -1.03. The van der Waals surface area contributed by atoms with Gasteiger partial charge in [0, 0.05) is 6.54 Å². The maximum Gasteiger partial charge on any atom is 0.407 e. The molecular formula is C13H25NO3. The highest BCUT2D eigenvalue weighted by Gasteiger charge is 2.15. The minimum Gasteiger partial charge on any atom is -0.444 e. The molecular weight excluding hydrogens is 218 g/mol. The molecule has 0 rings (SSSR count). The van der Waals surface area contributed by atoms with Crippen LogP contribution in [0.15, 0.2) is 11.6 Å². The first-order chi connectivity index (χ1) is 7.89.